The maximum absolute atomic E-state index is 14.1. The fourth-order valence-electron chi connectivity index (χ4n) is 2.37. The summed E-state index contributed by atoms with van der Waals surface area (Å²) in [7, 11) is 0. The minimum absolute atomic E-state index is 0.131. The van der Waals surface area contributed by atoms with Gasteiger partial charge in [0.05, 0.1) is 5.52 Å². The smallest absolute Gasteiger partial charge is 0.267 e. The second-order valence-electron chi connectivity index (χ2n) is 4.92. The van der Waals surface area contributed by atoms with Crippen molar-refractivity contribution in [3.8, 4) is 11.1 Å². The van der Waals surface area contributed by atoms with E-state index in [0.717, 1.165) is 10.9 Å². The van der Waals surface area contributed by atoms with Gasteiger partial charge in [0.15, 0.2) is 0 Å². The Morgan fingerprint density at radius 3 is 2.57 bits per heavy atom. The lowest BCUT2D eigenvalue weighted by Crippen LogP contribution is -2.13. The number of nitrogens with zero attached hydrogens (tertiary/aromatic N) is 1. The number of aromatic nitrogens is 1. The maximum Gasteiger partial charge on any atom is 0.267 e. The summed E-state index contributed by atoms with van der Waals surface area (Å²) in [6.07, 6.45) is 0. The minimum Gasteiger partial charge on any atom is -0.364 e. The normalized spacial score (nSPS) is 10.8. The van der Waals surface area contributed by atoms with Crippen molar-refractivity contribution in [2.75, 3.05) is 0 Å². The van der Waals surface area contributed by atoms with Crippen LogP contribution in [0.1, 0.15) is 16.1 Å². The number of carbonyl (C=O) groups excluding carboxylic acids is 1. The molecule has 0 aliphatic rings. The van der Waals surface area contributed by atoms with Crippen LogP contribution in [-0.4, -0.2) is 10.9 Å². The molecule has 3 aromatic rings. The van der Waals surface area contributed by atoms with Crippen LogP contribution in [0.4, 0.5) is 4.39 Å². The first-order valence-corrected chi connectivity index (χ1v) is 6.52. The Morgan fingerprint density at radius 1 is 1.10 bits per heavy atom. The van der Waals surface area contributed by atoms with E-state index in [1.165, 1.54) is 6.07 Å². The summed E-state index contributed by atoms with van der Waals surface area (Å²) >= 11 is 0. The van der Waals surface area contributed by atoms with E-state index in [0.29, 0.717) is 16.6 Å². The van der Waals surface area contributed by atoms with Crippen LogP contribution >= 0.6 is 0 Å². The zero-order valence-corrected chi connectivity index (χ0v) is 11.4. The highest BCUT2D eigenvalue weighted by Crippen LogP contribution is 2.30. The van der Waals surface area contributed by atoms with Crippen molar-refractivity contribution in [2.24, 2.45) is 5.73 Å². The molecule has 0 fully saturated rings. The van der Waals surface area contributed by atoms with E-state index in [1.54, 1.807) is 24.3 Å². The standard InChI is InChI=1S/C17H13FN2O/c1-10-6-7-12-13(11-4-2-3-5-14(11)18)9-16(17(19)21)20-15(12)8-10/h2-9H,1H3,(H2,19,21). The molecule has 1 aromatic heterocycles. The second-order valence-corrected chi connectivity index (χ2v) is 4.92. The molecule has 0 spiro atoms. The molecule has 104 valence electrons. The van der Waals surface area contributed by atoms with Crippen LogP contribution in [0.2, 0.25) is 0 Å². The predicted molar refractivity (Wildman–Crippen MR) is 80.4 cm³/mol. The largest absolute Gasteiger partial charge is 0.364 e. The minimum atomic E-state index is -0.629. The van der Waals surface area contributed by atoms with Crippen LogP contribution in [-0.2, 0) is 0 Å². The van der Waals surface area contributed by atoms with Crippen LogP contribution in [0.3, 0.4) is 0 Å². The first-order valence-electron chi connectivity index (χ1n) is 6.52. The van der Waals surface area contributed by atoms with Gasteiger partial charge >= 0.3 is 0 Å². The summed E-state index contributed by atoms with van der Waals surface area (Å²) in [6.45, 7) is 1.93. The highest BCUT2D eigenvalue weighted by Gasteiger charge is 2.13. The van der Waals surface area contributed by atoms with E-state index in [2.05, 4.69) is 4.98 Å². The molecular formula is C17H13FN2O. The first kappa shape index (κ1) is 13.2. The summed E-state index contributed by atoms with van der Waals surface area (Å²) in [5.41, 5.74) is 8.15. The van der Waals surface area contributed by atoms with E-state index >= 15 is 0 Å². The zero-order chi connectivity index (χ0) is 15.0. The van der Waals surface area contributed by atoms with E-state index in [1.807, 2.05) is 25.1 Å². The third-order valence-electron chi connectivity index (χ3n) is 3.38. The number of fused-ring (bicyclic) bond motifs is 1. The molecule has 21 heavy (non-hydrogen) atoms. The van der Waals surface area contributed by atoms with Crippen molar-refractivity contribution in [1.29, 1.82) is 0 Å². The molecule has 0 saturated heterocycles. The van der Waals surface area contributed by atoms with Gasteiger partial charge < -0.3 is 5.73 Å². The average Bonchev–Trinajstić information content (AvgIpc) is 2.46. The average molecular weight is 280 g/mol. The van der Waals surface area contributed by atoms with Gasteiger partial charge in [-0.1, -0.05) is 30.3 Å². The molecule has 0 saturated carbocycles. The number of benzene rings is 2. The SMILES string of the molecule is Cc1ccc2c(-c3ccccc3F)cc(C(N)=O)nc2c1. The molecule has 0 aliphatic carbocycles. The summed E-state index contributed by atoms with van der Waals surface area (Å²) in [4.78, 5) is 15.7. The maximum atomic E-state index is 14.1. The van der Waals surface area contributed by atoms with E-state index in [9.17, 15) is 9.18 Å². The molecule has 1 heterocycles. The lowest BCUT2D eigenvalue weighted by atomic mass is 9.98. The van der Waals surface area contributed by atoms with Gasteiger partial charge in [-0.05, 0) is 36.2 Å². The summed E-state index contributed by atoms with van der Waals surface area (Å²) in [5.74, 6) is -0.975. The van der Waals surface area contributed by atoms with Crippen molar-refractivity contribution in [1.82, 2.24) is 4.98 Å². The van der Waals surface area contributed by atoms with Crippen LogP contribution in [0.5, 0.6) is 0 Å². The number of pyridine rings is 1. The quantitative estimate of drug-likeness (QED) is 0.781. The fraction of sp³-hybridized carbons (Fsp3) is 0.0588. The number of halogens is 1. The molecule has 1 amide bonds. The number of aryl methyl sites for hydroxylation is 1. The predicted octanol–water partition coefficient (Wildman–Crippen LogP) is 3.45. The van der Waals surface area contributed by atoms with E-state index in [-0.39, 0.29) is 11.5 Å². The highest BCUT2D eigenvalue weighted by molar-refractivity contribution is 6.01. The Morgan fingerprint density at radius 2 is 1.86 bits per heavy atom. The molecule has 4 heteroatoms. The van der Waals surface area contributed by atoms with Gasteiger partial charge in [-0.2, -0.15) is 0 Å². The van der Waals surface area contributed by atoms with Crippen molar-refractivity contribution in [2.45, 2.75) is 6.92 Å². The third kappa shape index (κ3) is 2.36. The van der Waals surface area contributed by atoms with Crippen molar-refractivity contribution in [3.05, 3.63) is 65.6 Å². The van der Waals surface area contributed by atoms with Gasteiger partial charge in [-0.15, -0.1) is 0 Å². The molecule has 2 aromatic carbocycles. The van der Waals surface area contributed by atoms with Gasteiger partial charge in [-0.25, -0.2) is 9.37 Å². The number of amides is 1. The van der Waals surface area contributed by atoms with Crippen molar-refractivity contribution < 1.29 is 9.18 Å². The molecule has 0 radical (unpaired) electrons. The van der Waals surface area contributed by atoms with Crippen molar-refractivity contribution in [3.63, 3.8) is 0 Å². The van der Waals surface area contributed by atoms with E-state index < -0.39 is 5.91 Å². The summed E-state index contributed by atoms with van der Waals surface area (Å²) in [5, 5.41) is 0.788. The fourth-order valence-corrected chi connectivity index (χ4v) is 2.37. The summed E-state index contributed by atoms with van der Waals surface area (Å²) in [6, 6.07) is 13.6. The van der Waals surface area contributed by atoms with Gasteiger partial charge in [-0.3, -0.25) is 4.79 Å². The molecule has 3 nitrogen and oxygen atoms in total. The van der Waals surface area contributed by atoms with Crippen LogP contribution in [0.15, 0.2) is 48.5 Å². The molecule has 0 unspecified atom stereocenters. The van der Waals surface area contributed by atoms with Crippen molar-refractivity contribution >= 4 is 16.8 Å². The Bertz CT molecular complexity index is 859. The van der Waals surface area contributed by atoms with Gasteiger partial charge in [0.1, 0.15) is 11.5 Å². The number of hydrogen-bond acceptors (Lipinski definition) is 2. The van der Waals surface area contributed by atoms with Gasteiger partial charge in [0, 0.05) is 10.9 Å². The van der Waals surface area contributed by atoms with Crippen LogP contribution in [0.25, 0.3) is 22.0 Å². The number of hydrogen-bond donors (Lipinski definition) is 1. The number of primary amides is 1. The number of nitrogens with two attached hydrogens (primary N) is 1. The van der Waals surface area contributed by atoms with Gasteiger partial charge in [0.25, 0.3) is 5.91 Å². The molecule has 3 rings (SSSR count). The molecule has 0 atom stereocenters. The second kappa shape index (κ2) is 4.98. The topological polar surface area (TPSA) is 56.0 Å². The third-order valence-corrected chi connectivity index (χ3v) is 3.38. The lowest BCUT2D eigenvalue weighted by Gasteiger charge is -2.10. The zero-order valence-electron chi connectivity index (χ0n) is 11.4. The summed E-state index contributed by atoms with van der Waals surface area (Å²) < 4.78 is 14.1. The molecule has 0 bridgehead atoms. The number of rotatable bonds is 2. The molecule has 0 aliphatic heterocycles. The Labute approximate surface area is 121 Å². The Balaban J connectivity index is 2.40. The first-order chi connectivity index (χ1) is 10.1. The van der Waals surface area contributed by atoms with Gasteiger partial charge in [0.2, 0.25) is 0 Å². The highest BCUT2D eigenvalue weighted by atomic mass is 19.1. The van der Waals surface area contributed by atoms with Crippen LogP contribution < -0.4 is 5.73 Å². The number of carbonyl (C=O) groups is 1. The lowest BCUT2D eigenvalue weighted by molar-refractivity contribution is 0.0996. The molecule has 2 N–H and O–H groups in total. The van der Waals surface area contributed by atoms with Crippen LogP contribution in [0, 0.1) is 12.7 Å². The Hall–Kier alpha value is -2.75. The Kier molecular flexibility index (Phi) is 3.14. The monoisotopic (exact) mass is 280 g/mol. The van der Waals surface area contributed by atoms with E-state index in [4.69, 9.17) is 5.73 Å². The molecular weight excluding hydrogens is 267 g/mol.